The molecular weight excluding hydrogens is 356 g/mol. The van der Waals surface area contributed by atoms with E-state index >= 15 is 0 Å². The van der Waals surface area contributed by atoms with Crippen LogP contribution >= 0.6 is 0 Å². The number of nitrogens with zero attached hydrogens (tertiary/aromatic N) is 3. The van der Waals surface area contributed by atoms with Gasteiger partial charge in [0.25, 0.3) is 0 Å². The summed E-state index contributed by atoms with van der Waals surface area (Å²) >= 11 is 0. The molecule has 0 bridgehead atoms. The largest absolute Gasteiger partial charge is 0.444 e. The standard InChI is InChI=1S/C19H25F2N3O3/c1-19(2,3)27-18(25)23-9-7-13(8-10-23)11-24-12-14-15(22-24)5-4-6-16(14)26-17(20)21/h4-6,12-13,17H,7-11H2,1-3H3. The first kappa shape index (κ1) is 19.4. The Labute approximate surface area is 157 Å². The van der Waals surface area contributed by atoms with Crippen molar-refractivity contribution in [3.8, 4) is 5.75 Å². The molecule has 1 aliphatic heterocycles. The molecular formula is C19H25F2N3O3. The van der Waals surface area contributed by atoms with Crippen molar-refractivity contribution < 1.29 is 23.0 Å². The first-order valence-electron chi connectivity index (χ1n) is 9.10. The number of carbonyl (C=O) groups is 1. The minimum Gasteiger partial charge on any atom is -0.444 e. The minimum absolute atomic E-state index is 0.133. The third kappa shape index (κ3) is 5.08. The van der Waals surface area contributed by atoms with E-state index in [1.165, 1.54) is 6.07 Å². The minimum atomic E-state index is -2.86. The van der Waals surface area contributed by atoms with Crippen molar-refractivity contribution in [1.82, 2.24) is 14.7 Å². The Bertz CT molecular complexity index is 793. The average Bonchev–Trinajstić information content (AvgIpc) is 2.97. The molecule has 0 N–H and O–H groups in total. The van der Waals surface area contributed by atoms with Gasteiger partial charge in [-0.1, -0.05) is 6.07 Å². The fraction of sp³-hybridized carbons (Fsp3) is 0.579. The molecule has 1 amide bonds. The van der Waals surface area contributed by atoms with Crippen LogP contribution in [0.5, 0.6) is 5.75 Å². The van der Waals surface area contributed by atoms with Crippen LogP contribution in [-0.2, 0) is 11.3 Å². The second-order valence-corrected chi connectivity index (χ2v) is 7.83. The normalized spacial score (nSPS) is 16.1. The number of amides is 1. The number of fused-ring (bicyclic) bond motifs is 1. The highest BCUT2D eigenvalue weighted by molar-refractivity contribution is 5.84. The number of alkyl halides is 2. The van der Waals surface area contributed by atoms with Crippen molar-refractivity contribution in [2.24, 2.45) is 5.92 Å². The van der Waals surface area contributed by atoms with Crippen LogP contribution in [0, 0.1) is 5.92 Å². The number of piperidine rings is 1. The molecule has 2 aromatic rings. The average molecular weight is 381 g/mol. The number of likely N-dealkylation sites (tertiary alicyclic amines) is 1. The van der Waals surface area contributed by atoms with Crippen LogP contribution in [-0.4, -0.2) is 46.1 Å². The van der Waals surface area contributed by atoms with Gasteiger partial charge >= 0.3 is 12.7 Å². The van der Waals surface area contributed by atoms with Gasteiger partial charge in [0.2, 0.25) is 0 Å². The van der Waals surface area contributed by atoms with Crippen molar-refractivity contribution in [3.63, 3.8) is 0 Å². The van der Waals surface area contributed by atoms with Gasteiger partial charge in [0.15, 0.2) is 0 Å². The molecule has 1 saturated heterocycles. The van der Waals surface area contributed by atoms with E-state index in [1.54, 1.807) is 27.9 Å². The molecule has 0 radical (unpaired) electrons. The monoisotopic (exact) mass is 381 g/mol. The summed E-state index contributed by atoms with van der Waals surface area (Å²) in [5.74, 6) is 0.492. The van der Waals surface area contributed by atoms with Gasteiger partial charge in [-0.25, -0.2) is 4.79 Å². The fourth-order valence-corrected chi connectivity index (χ4v) is 3.25. The number of halogens is 2. The molecule has 0 spiro atoms. The molecule has 148 valence electrons. The highest BCUT2D eigenvalue weighted by Crippen LogP contribution is 2.27. The molecule has 1 aromatic carbocycles. The molecule has 1 aromatic heterocycles. The molecule has 2 heterocycles. The Kier molecular flexibility index (Phi) is 5.53. The lowest BCUT2D eigenvalue weighted by Gasteiger charge is -2.33. The number of rotatable bonds is 4. The number of ether oxygens (including phenoxy) is 2. The van der Waals surface area contributed by atoms with Gasteiger partial charge in [0.05, 0.1) is 10.9 Å². The van der Waals surface area contributed by atoms with Gasteiger partial charge in [0.1, 0.15) is 11.4 Å². The lowest BCUT2D eigenvalue weighted by atomic mass is 9.97. The molecule has 3 rings (SSSR count). The van der Waals surface area contributed by atoms with Crippen LogP contribution in [0.2, 0.25) is 0 Å². The summed E-state index contributed by atoms with van der Waals surface area (Å²) in [6.07, 6.45) is 3.15. The molecule has 8 heteroatoms. The zero-order valence-electron chi connectivity index (χ0n) is 15.8. The SMILES string of the molecule is CC(C)(C)OC(=O)N1CCC(Cn2cc3c(OC(F)F)cccc3n2)CC1. The quantitative estimate of drug-likeness (QED) is 0.793. The maximum absolute atomic E-state index is 12.5. The lowest BCUT2D eigenvalue weighted by Crippen LogP contribution is -2.42. The second kappa shape index (κ2) is 7.70. The molecule has 1 fully saturated rings. The molecule has 0 aliphatic carbocycles. The zero-order valence-corrected chi connectivity index (χ0v) is 15.8. The van der Waals surface area contributed by atoms with Crippen molar-refractivity contribution >= 4 is 17.0 Å². The summed E-state index contributed by atoms with van der Waals surface area (Å²) in [6.45, 7) is 4.64. The van der Waals surface area contributed by atoms with Crippen LogP contribution < -0.4 is 4.74 Å². The fourth-order valence-electron chi connectivity index (χ4n) is 3.25. The third-order valence-corrected chi connectivity index (χ3v) is 4.48. The predicted octanol–water partition coefficient (Wildman–Crippen LogP) is 4.28. The Morgan fingerprint density at radius 1 is 1.30 bits per heavy atom. The second-order valence-electron chi connectivity index (χ2n) is 7.83. The molecule has 0 unspecified atom stereocenters. The van der Waals surface area contributed by atoms with E-state index in [9.17, 15) is 13.6 Å². The highest BCUT2D eigenvalue weighted by atomic mass is 19.3. The van der Waals surface area contributed by atoms with E-state index in [-0.39, 0.29) is 11.8 Å². The molecule has 1 aliphatic rings. The van der Waals surface area contributed by atoms with Crippen molar-refractivity contribution in [2.75, 3.05) is 13.1 Å². The maximum atomic E-state index is 12.5. The van der Waals surface area contributed by atoms with Crippen LogP contribution in [0.4, 0.5) is 13.6 Å². The maximum Gasteiger partial charge on any atom is 0.410 e. The number of benzene rings is 1. The summed E-state index contributed by atoms with van der Waals surface area (Å²) in [6, 6.07) is 4.94. The summed E-state index contributed by atoms with van der Waals surface area (Å²) in [5, 5.41) is 5.04. The van der Waals surface area contributed by atoms with E-state index < -0.39 is 12.2 Å². The summed E-state index contributed by atoms with van der Waals surface area (Å²) < 4.78 is 36.8. The Morgan fingerprint density at radius 2 is 2.00 bits per heavy atom. The molecule has 0 atom stereocenters. The van der Waals surface area contributed by atoms with Crippen LogP contribution in [0.1, 0.15) is 33.6 Å². The van der Waals surface area contributed by atoms with Gasteiger partial charge < -0.3 is 14.4 Å². The Hall–Kier alpha value is -2.38. The van der Waals surface area contributed by atoms with Crippen molar-refractivity contribution in [2.45, 2.75) is 52.4 Å². The van der Waals surface area contributed by atoms with E-state index in [1.807, 2.05) is 20.8 Å². The number of hydrogen-bond acceptors (Lipinski definition) is 4. The summed E-state index contributed by atoms with van der Waals surface area (Å²) in [4.78, 5) is 13.9. The van der Waals surface area contributed by atoms with Crippen LogP contribution in [0.3, 0.4) is 0 Å². The Morgan fingerprint density at radius 3 is 2.63 bits per heavy atom. The van der Waals surface area contributed by atoms with Crippen LogP contribution in [0.25, 0.3) is 10.9 Å². The zero-order chi connectivity index (χ0) is 19.6. The van der Waals surface area contributed by atoms with Gasteiger partial charge in [-0.3, -0.25) is 4.68 Å². The highest BCUT2D eigenvalue weighted by Gasteiger charge is 2.27. The number of carbonyl (C=O) groups excluding carboxylic acids is 1. The third-order valence-electron chi connectivity index (χ3n) is 4.48. The van der Waals surface area contributed by atoms with Crippen molar-refractivity contribution in [3.05, 3.63) is 24.4 Å². The van der Waals surface area contributed by atoms with E-state index in [4.69, 9.17) is 4.74 Å². The Balaban J connectivity index is 1.60. The van der Waals surface area contributed by atoms with Gasteiger partial charge in [0, 0.05) is 25.8 Å². The van der Waals surface area contributed by atoms with Crippen LogP contribution in [0.15, 0.2) is 24.4 Å². The first-order chi connectivity index (χ1) is 12.7. The molecule has 27 heavy (non-hydrogen) atoms. The van der Waals surface area contributed by atoms with E-state index in [0.717, 1.165) is 12.8 Å². The summed E-state index contributed by atoms with van der Waals surface area (Å²) in [7, 11) is 0. The van der Waals surface area contributed by atoms with Gasteiger partial charge in [-0.15, -0.1) is 0 Å². The first-order valence-corrected chi connectivity index (χ1v) is 9.10. The van der Waals surface area contributed by atoms with E-state index in [0.29, 0.717) is 36.5 Å². The smallest absolute Gasteiger partial charge is 0.410 e. The topological polar surface area (TPSA) is 56.6 Å². The van der Waals surface area contributed by atoms with E-state index in [2.05, 4.69) is 9.84 Å². The van der Waals surface area contributed by atoms with Gasteiger partial charge in [-0.05, 0) is 51.7 Å². The van der Waals surface area contributed by atoms with Crippen molar-refractivity contribution in [1.29, 1.82) is 0 Å². The molecule has 6 nitrogen and oxygen atoms in total. The van der Waals surface area contributed by atoms with Gasteiger partial charge in [-0.2, -0.15) is 13.9 Å². The molecule has 0 saturated carbocycles. The number of hydrogen-bond donors (Lipinski definition) is 0. The lowest BCUT2D eigenvalue weighted by molar-refractivity contribution is -0.0488. The predicted molar refractivity (Wildman–Crippen MR) is 96.9 cm³/mol. The summed E-state index contributed by atoms with van der Waals surface area (Å²) in [5.41, 5.74) is 0.125. The number of aromatic nitrogens is 2.